The van der Waals surface area contributed by atoms with Crippen LogP contribution in [0.4, 0.5) is 4.39 Å². The molecule has 1 aliphatic rings. The van der Waals surface area contributed by atoms with E-state index in [1.54, 1.807) is 0 Å². The van der Waals surface area contributed by atoms with Gasteiger partial charge < -0.3 is 9.84 Å². The van der Waals surface area contributed by atoms with Crippen LogP contribution >= 0.6 is 0 Å². The highest BCUT2D eigenvalue weighted by Crippen LogP contribution is 2.25. The molecule has 4 heteroatoms. The van der Waals surface area contributed by atoms with E-state index in [1.807, 2.05) is 0 Å². The summed E-state index contributed by atoms with van der Waals surface area (Å²) < 4.78 is 16.5. The van der Waals surface area contributed by atoms with Crippen LogP contribution in [0.2, 0.25) is 0 Å². The number of alkyl halides is 1. The summed E-state index contributed by atoms with van der Waals surface area (Å²) in [6.45, 7) is 1.42. The summed E-state index contributed by atoms with van der Waals surface area (Å²) in [5.74, 6) is -0.677. The Morgan fingerprint density at radius 1 is 1.90 bits per heavy atom. The Balaban J connectivity index is 2.59. The fraction of sp³-hybridized carbons (Fsp3) is 0.833. The van der Waals surface area contributed by atoms with Gasteiger partial charge in [0.05, 0.1) is 12.0 Å². The fourth-order valence-electron chi connectivity index (χ4n) is 0.955. The van der Waals surface area contributed by atoms with Gasteiger partial charge in [-0.25, -0.2) is 4.39 Å². The number of hydrogen-bond donors (Lipinski definition) is 1. The van der Waals surface area contributed by atoms with Crippen molar-refractivity contribution in [2.24, 2.45) is 0 Å². The van der Waals surface area contributed by atoms with Crippen LogP contribution in [0.1, 0.15) is 19.8 Å². The maximum Gasteiger partial charge on any atom is 0.311 e. The van der Waals surface area contributed by atoms with Crippen molar-refractivity contribution in [3.8, 4) is 0 Å². The zero-order valence-corrected chi connectivity index (χ0v) is 5.63. The Hall–Kier alpha value is -0.640. The van der Waals surface area contributed by atoms with Crippen molar-refractivity contribution < 1.29 is 19.0 Å². The normalized spacial score (nSPS) is 41.1. The lowest BCUT2D eigenvalue weighted by molar-refractivity contribution is -0.182. The van der Waals surface area contributed by atoms with Crippen molar-refractivity contribution in [3.63, 3.8) is 0 Å². The van der Waals surface area contributed by atoms with Gasteiger partial charge in [0.25, 0.3) is 0 Å². The number of carbonyl (C=O) groups excluding carboxylic acids is 1. The van der Waals surface area contributed by atoms with Gasteiger partial charge in [0.2, 0.25) is 6.36 Å². The van der Waals surface area contributed by atoms with Gasteiger partial charge in [0.15, 0.2) is 0 Å². The van der Waals surface area contributed by atoms with Gasteiger partial charge in [-0.3, -0.25) is 4.79 Å². The van der Waals surface area contributed by atoms with E-state index in [2.05, 4.69) is 4.74 Å². The lowest BCUT2D eigenvalue weighted by atomic mass is 9.96. The van der Waals surface area contributed by atoms with Crippen LogP contribution < -0.4 is 0 Å². The van der Waals surface area contributed by atoms with E-state index in [-0.39, 0.29) is 12.8 Å². The molecule has 1 heterocycles. The third-order valence-electron chi connectivity index (χ3n) is 1.38. The molecule has 0 spiro atoms. The molecule has 3 nitrogen and oxygen atoms in total. The number of aliphatic hydroxyl groups is 1. The van der Waals surface area contributed by atoms with Crippen molar-refractivity contribution in [1.82, 2.24) is 0 Å². The van der Waals surface area contributed by atoms with Crippen LogP contribution in [0.5, 0.6) is 0 Å². The minimum Gasteiger partial charge on any atom is -0.431 e. The number of hydrogen-bond acceptors (Lipinski definition) is 3. The van der Waals surface area contributed by atoms with Crippen LogP contribution in [0, 0.1) is 0 Å². The maximum absolute atomic E-state index is 12.3. The predicted octanol–water partition coefficient (Wildman–Crippen LogP) is 0.370. The third-order valence-corrected chi connectivity index (χ3v) is 1.38. The molecule has 0 aromatic carbocycles. The molecule has 0 aromatic rings. The van der Waals surface area contributed by atoms with E-state index in [1.165, 1.54) is 6.92 Å². The molecule has 1 fully saturated rings. The lowest BCUT2D eigenvalue weighted by Gasteiger charge is -2.28. The number of rotatable bonds is 0. The zero-order valence-electron chi connectivity index (χ0n) is 5.63. The summed E-state index contributed by atoms with van der Waals surface area (Å²) in [7, 11) is 0. The van der Waals surface area contributed by atoms with Gasteiger partial charge in [-0.15, -0.1) is 0 Å². The average Bonchev–Trinajstić information content (AvgIpc) is 1.54. The summed E-state index contributed by atoms with van der Waals surface area (Å²) in [5, 5.41) is 9.17. The molecular weight excluding hydrogens is 139 g/mol. The minimum atomic E-state index is -1.64. The number of ether oxygens (including phenoxy) is 1. The van der Waals surface area contributed by atoms with Gasteiger partial charge in [-0.2, -0.15) is 0 Å². The topological polar surface area (TPSA) is 46.5 Å². The maximum atomic E-state index is 12.3. The second-order valence-corrected chi connectivity index (χ2v) is 2.78. The predicted molar refractivity (Wildman–Crippen MR) is 30.8 cm³/mol. The van der Waals surface area contributed by atoms with E-state index in [4.69, 9.17) is 0 Å². The van der Waals surface area contributed by atoms with E-state index < -0.39 is 17.9 Å². The molecule has 1 N–H and O–H groups in total. The second kappa shape index (κ2) is 2.20. The van der Waals surface area contributed by atoms with Crippen molar-refractivity contribution in [3.05, 3.63) is 0 Å². The molecule has 1 saturated heterocycles. The molecule has 2 atom stereocenters. The minimum absolute atomic E-state index is 0.118. The van der Waals surface area contributed by atoms with Gasteiger partial charge in [-0.05, 0) is 6.92 Å². The third kappa shape index (κ3) is 1.67. The molecule has 0 aliphatic carbocycles. The van der Waals surface area contributed by atoms with Crippen molar-refractivity contribution in [2.75, 3.05) is 0 Å². The first kappa shape index (κ1) is 7.47. The summed E-state index contributed by atoms with van der Waals surface area (Å²) in [6, 6.07) is 0. The Bertz CT molecular complexity index is 155. The van der Waals surface area contributed by atoms with E-state index in [0.29, 0.717) is 0 Å². The molecule has 2 unspecified atom stereocenters. The SMILES string of the molecule is CC1(O)CC(=O)OC(F)C1. The van der Waals surface area contributed by atoms with Crippen LogP contribution in [0.25, 0.3) is 0 Å². The number of halogens is 1. The molecule has 0 aromatic heterocycles. The molecule has 10 heavy (non-hydrogen) atoms. The lowest BCUT2D eigenvalue weighted by Crippen LogP contribution is -2.39. The van der Waals surface area contributed by atoms with Gasteiger partial charge in [-0.1, -0.05) is 0 Å². The van der Waals surface area contributed by atoms with Crippen LogP contribution in [0.15, 0.2) is 0 Å². The summed E-state index contributed by atoms with van der Waals surface area (Å²) in [4.78, 5) is 10.5. The Labute approximate surface area is 57.8 Å². The Morgan fingerprint density at radius 3 is 2.90 bits per heavy atom. The number of cyclic esters (lactones) is 1. The molecule has 0 amide bonds. The highest BCUT2D eigenvalue weighted by molar-refractivity contribution is 5.71. The van der Waals surface area contributed by atoms with Gasteiger partial charge in [0.1, 0.15) is 0 Å². The van der Waals surface area contributed by atoms with Gasteiger partial charge in [0, 0.05) is 6.42 Å². The fourth-order valence-corrected chi connectivity index (χ4v) is 0.955. The molecule has 0 bridgehead atoms. The van der Waals surface area contributed by atoms with E-state index in [0.717, 1.165) is 0 Å². The highest BCUT2D eigenvalue weighted by atomic mass is 19.1. The van der Waals surface area contributed by atoms with Gasteiger partial charge >= 0.3 is 5.97 Å². The zero-order chi connectivity index (χ0) is 7.78. The summed E-state index contributed by atoms with van der Waals surface area (Å²) in [5.41, 5.74) is -1.23. The number of carbonyl (C=O) groups is 1. The van der Waals surface area contributed by atoms with Crippen LogP contribution in [-0.2, 0) is 9.53 Å². The van der Waals surface area contributed by atoms with E-state index >= 15 is 0 Å². The number of esters is 1. The smallest absolute Gasteiger partial charge is 0.311 e. The van der Waals surface area contributed by atoms with Crippen LogP contribution in [-0.4, -0.2) is 23.0 Å². The highest BCUT2D eigenvalue weighted by Gasteiger charge is 2.35. The average molecular weight is 148 g/mol. The molecule has 58 valence electrons. The van der Waals surface area contributed by atoms with Crippen LogP contribution in [0.3, 0.4) is 0 Å². The molecular formula is C6H9FO3. The van der Waals surface area contributed by atoms with Crippen molar-refractivity contribution >= 4 is 5.97 Å². The largest absolute Gasteiger partial charge is 0.431 e. The first-order chi connectivity index (χ1) is 4.49. The first-order valence-corrected chi connectivity index (χ1v) is 3.05. The van der Waals surface area contributed by atoms with E-state index in [9.17, 15) is 14.3 Å². The monoisotopic (exact) mass is 148 g/mol. The standard InChI is InChI=1S/C6H9FO3/c1-6(9)2-4(7)10-5(8)3-6/h4,9H,2-3H2,1H3. The Morgan fingerprint density at radius 2 is 2.50 bits per heavy atom. The quantitative estimate of drug-likeness (QED) is 0.505. The molecule has 1 rings (SSSR count). The summed E-state index contributed by atoms with van der Waals surface area (Å²) >= 11 is 0. The van der Waals surface area contributed by atoms with Crippen molar-refractivity contribution in [2.45, 2.75) is 31.7 Å². The Kier molecular flexibility index (Phi) is 1.64. The van der Waals surface area contributed by atoms with Crippen molar-refractivity contribution in [1.29, 1.82) is 0 Å². The first-order valence-electron chi connectivity index (χ1n) is 3.05. The molecule has 1 aliphatic heterocycles. The second-order valence-electron chi connectivity index (χ2n) is 2.78. The summed E-state index contributed by atoms with van der Waals surface area (Å²) in [6.07, 6.45) is -1.89. The molecule has 0 saturated carbocycles. The molecule has 0 radical (unpaired) electrons.